The highest BCUT2D eigenvalue weighted by molar-refractivity contribution is 6.33. The van der Waals surface area contributed by atoms with E-state index in [9.17, 15) is 14.7 Å². The molecule has 6 nitrogen and oxygen atoms in total. The van der Waals surface area contributed by atoms with Crippen molar-refractivity contribution in [2.75, 3.05) is 0 Å². The highest BCUT2D eigenvalue weighted by Gasteiger charge is 2.17. The lowest BCUT2D eigenvalue weighted by Gasteiger charge is -2.15. The standard InChI is InChI=1S/C25H27ClN2O4/c1-3-4-5-23-27-14-22(28(23)15-17-6-9-19(10-7-17)25(31)32)20-13-18(8-11-21(20)26)12-16(2)24(29)30/h6-11,13-14,16H,3-5,12,15H2,1-2H3,(H,29,30)(H,31,32). The molecule has 3 aromatic rings. The number of carbonyl (C=O) groups is 2. The van der Waals surface area contributed by atoms with Gasteiger partial charge in [-0.2, -0.15) is 0 Å². The van der Waals surface area contributed by atoms with Crippen LogP contribution in [0.25, 0.3) is 11.3 Å². The number of aromatic carboxylic acids is 1. The Balaban J connectivity index is 2.00. The van der Waals surface area contributed by atoms with Crippen LogP contribution >= 0.6 is 11.6 Å². The lowest BCUT2D eigenvalue weighted by molar-refractivity contribution is -0.141. The van der Waals surface area contributed by atoms with Crippen LogP contribution in [0.5, 0.6) is 0 Å². The van der Waals surface area contributed by atoms with E-state index in [0.717, 1.165) is 47.5 Å². The average molecular weight is 455 g/mol. The molecule has 1 unspecified atom stereocenters. The van der Waals surface area contributed by atoms with Crippen molar-refractivity contribution in [3.63, 3.8) is 0 Å². The van der Waals surface area contributed by atoms with E-state index < -0.39 is 17.9 Å². The predicted molar refractivity (Wildman–Crippen MR) is 124 cm³/mol. The van der Waals surface area contributed by atoms with Crippen molar-refractivity contribution >= 4 is 23.5 Å². The van der Waals surface area contributed by atoms with Gasteiger partial charge in [-0.25, -0.2) is 9.78 Å². The molecule has 0 amide bonds. The van der Waals surface area contributed by atoms with Gasteiger partial charge >= 0.3 is 11.9 Å². The number of carboxylic acid groups (broad SMARTS) is 2. The van der Waals surface area contributed by atoms with Crippen LogP contribution in [0.4, 0.5) is 0 Å². The molecule has 3 rings (SSSR count). The van der Waals surface area contributed by atoms with Gasteiger partial charge in [-0.1, -0.05) is 50.1 Å². The maximum absolute atomic E-state index is 11.3. The van der Waals surface area contributed by atoms with Crippen LogP contribution in [0.15, 0.2) is 48.7 Å². The molecule has 7 heteroatoms. The summed E-state index contributed by atoms with van der Waals surface area (Å²) in [6.45, 7) is 4.34. The van der Waals surface area contributed by atoms with Crippen molar-refractivity contribution in [2.24, 2.45) is 5.92 Å². The van der Waals surface area contributed by atoms with Gasteiger partial charge in [0.05, 0.1) is 23.4 Å². The number of imidazole rings is 1. The van der Waals surface area contributed by atoms with E-state index >= 15 is 0 Å². The maximum Gasteiger partial charge on any atom is 0.335 e. The zero-order chi connectivity index (χ0) is 23.3. The van der Waals surface area contributed by atoms with Crippen LogP contribution in [0.2, 0.25) is 5.02 Å². The number of aryl methyl sites for hydroxylation is 1. The Morgan fingerprint density at radius 3 is 2.41 bits per heavy atom. The largest absolute Gasteiger partial charge is 0.481 e. The van der Waals surface area contributed by atoms with Crippen LogP contribution in [-0.2, 0) is 24.2 Å². The van der Waals surface area contributed by atoms with Crippen molar-refractivity contribution in [3.8, 4) is 11.3 Å². The topological polar surface area (TPSA) is 92.4 Å². The van der Waals surface area contributed by atoms with Crippen LogP contribution in [0.3, 0.4) is 0 Å². The van der Waals surface area contributed by atoms with E-state index in [4.69, 9.17) is 16.7 Å². The maximum atomic E-state index is 11.3. The van der Waals surface area contributed by atoms with Crippen LogP contribution in [0.1, 0.15) is 54.0 Å². The number of aliphatic carboxylic acids is 1. The second-order valence-corrected chi connectivity index (χ2v) is 8.42. The molecule has 0 bridgehead atoms. The SMILES string of the molecule is CCCCc1ncc(-c2cc(CC(C)C(=O)O)ccc2Cl)n1Cc1ccc(C(=O)O)cc1. The van der Waals surface area contributed by atoms with Gasteiger partial charge in [-0.15, -0.1) is 0 Å². The molecule has 0 radical (unpaired) electrons. The molecule has 0 fully saturated rings. The summed E-state index contributed by atoms with van der Waals surface area (Å²) in [5.41, 5.74) is 3.76. The van der Waals surface area contributed by atoms with Crippen LogP contribution in [0, 0.1) is 5.92 Å². The first kappa shape index (κ1) is 23.5. The third-order valence-electron chi connectivity index (χ3n) is 5.50. The number of carboxylic acids is 2. The van der Waals surface area contributed by atoms with Gasteiger partial charge in [0, 0.05) is 23.6 Å². The Morgan fingerprint density at radius 2 is 1.78 bits per heavy atom. The van der Waals surface area contributed by atoms with Crippen LogP contribution < -0.4 is 0 Å². The summed E-state index contributed by atoms with van der Waals surface area (Å²) in [6, 6.07) is 12.4. The first-order valence-electron chi connectivity index (χ1n) is 10.7. The van der Waals surface area contributed by atoms with Gasteiger partial charge in [0.25, 0.3) is 0 Å². The van der Waals surface area contributed by atoms with Crippen molar-refractivity contribution in [2.45, 2.75) is 46.1 Å². The summed E-state index contributed by atoms with van der Waals surface area (Å²) in [4.78, 5) is 27.1. The monoisotopic (exact) mass is 454 g/mol. The molecular formula is C25H27ClN2O4. The smallest absolute Gasteiger partial charge is 0.335 e. The molecule has 0 aliphatic carbocycles. The van der Waals surface area contributed by atoms with Gasteiger partial charge < -0.3 is 14.8 Å². The summed E-state index contributed by atoms with van der Waals surface area (Å²) in [7, 11) is 0. The van der Waals surface area contributed by atoms with Crippen molar-refractivity contribution < 1.29 is 19.8 Å². The summed E-state index contributed by atoms with van der Waals surface area (Å²) in [5.74, 6) is -1.35. The molecule has 32 heavy (non-hydrogen) atoms. The van der Waals surface area contributed by atoms with E-state index in [1.807, 2.05) is 30.5 Å². The fourth-order valence-corrected chi connectivity index (χ4v) is 3.83. The average Bonchev–Trinajstić information content (AvgIpc) is 3.15. The van der Waals surface area contributed by atoms with Crippen molar-refractivity contribution in [1.82, 2.24) is 9.55 Å². The van der Waals surface area contributed by atoms with Crippen LogP contribution in [-0.4, -0.2) is 31.7 Å². The molecule has 1 atom stereocenters. The summed E-state index contributed by atoms with van der Waals surface area (Å²) in [6.07, 6.45) is 5.07. The summed E-state index contributed by atoms with van der Waals surface area (Å²) in [5, 5.41) is 19.0. The van der Waals surface area contributed by atoms with Gasteiger partial charge in [-0.3, -0.25) is 4.79 Å². The third-order valence-corrected chi connectivity index (χ3v) is 5.83. The Hall–Kier alpha value is -3.12. The number of hydrogen-bond donors (Lipinski definition) is 2. The lowest BCUT2D eigenvalue weighted by Crippen LogP contribution is -2.12. The second kappa shape index (κ2) is 10.5. The zero-order valence-corrected chi connectivity index (χ0v) is 19.0. The summed E-state index contributed by atoms with van der Waals surface area (Å²) < 4.78 is 2.11. The van der Waals surface area contributed by atoms with Crippen molar-refractivity contribution in [3.05, 3.63) is 76.2 Å². The summed E-state index contributed by atoms with van der Waals surface area (Å²) >= 11 is 6.55. The molecule has 0 spiro atoms. The molecule has 2 aromatic carbocycles. The number of hydrogen-bond acceptors (Lipinski definition) is 3. The molecule has 168 valence electrons. The van der Waals surface area contributed by atoms with Gasteiger partial charge in [0.2, 0.25) is 0 Å². The normalized spacial score (nSPS) is 12.0. The van der Waals surface area contributed by atoms with E-state index in [1.54, 1.807) is 25.1 Å². The number of unbranched alkanes of at least 4 members (excludes halogenated alkanes) is 1. The Labute approximate surface area is 192 Å². The second-order valence-electron chi connectivity index (χ2n) is 8.01. The van der Waals surface area contributed by atoms with E-state index in [2.05, 4.69) is 16.5 Å². The molecule has 0 aliphatic rings. The quantitative estimate of drug-likeness (QED) is 0.418. The number of benzene rings is 2. The number of rotatable bonds is 10. The Bertz CT molecular complexity index is 1110. The van der Waals surface area contributed by atoms with E-state index in [0.29, 0.717) is 18.0 Å². The van der Waals surface area contributed by atoms with Gasteiger partial charge in [0.1, 0.15) is 5.82 Å². The predicted octanol–water partition coefficient (Wildman–Crippen LogP) is 5.56. The third kappa shape index (κ3) is 5.56. The highest BCUT2D eigenvalue weighted by Crippen LogP contribution is 2.31. The minimum atomic E-state index is -0.956. The number of aromatic nitrogens is 2. The van der Waals surface area contributed by atoms with Gasteiger partial charge in [-0.05, 0) is 48.2 Å². The number of nitrogens with zero attached hydrogens (tertiary/aromatic N) is 2. The van der Waals surface area contributed by atoms with Crippen molar-refractivity contribution in [1.29, 1.82) is 0 Å². The fourth-order valence-electron chi connectivity index (χ4n) is 3.61. The first-order chi connectivity index (χ1) is 15.3. The molecule has 0 aliphatic heterocycles. The molecule has 2 N–H and O–H groups in total. The molecule has 1 heterocycles. The van der Waals surface area contributed by atoms with E-state index in [-0.39, 0.29) is 5.56 Å². The molecular weight excluding hydrogens is 428 g/mol. The Morgan fingerprint density at radius 1 is 1.09 bits per heavy atom. The minimum absolute atomic E-state index is 0.245. The first-order valence-corrected chi connectivity index (χ1v) is 11.1. The van der Waals surface area contributed by atoms with Gasteiger partial charge in [0.15, 0.2) is 0 Å². The molecule has 0 saturated carbocycles. The molecule has 1 aromatic heterocycles. The Kier molecular flexibility index (Phi) is 7.70. The minimum Gasteiger partial charge on any atom is -0.481 e. The fraction of sp³-hybridized carbons (Fsp3) is 0.320. The number of halogens is 1. The lowest BCUT2D eigenvalue weighted by atomic mass is 9.99. The highest BCUT2D eigenvalue weighted by atomic mass is 35.5. The van der Waals surface area contributed by atoms with E-state index in [1.165, 1.54) is 0 Å². The zero-order valence-electron chi connectivity index (χ0n) is 18.2. The molecule has 0 saturated heterocycles.